The molecule has 17 heavy (non-hydrogen) atoms. The van der Waals surface area contributed by atoms with E-state index in [4.69, 9.17) is 5.73 Å². The summed E-state index contributed by atoms with van der Waals surface area (Å²) in [4.78, 5) is 15.9. The van der Waals surface area contributed by atoms with Crippen molar-refractivity contribution in [3.63, 3.8) is 0 Å². The molecule has 5 heteroatoms. The van der Waals surface area contributed by atoms with E-state index in [2.05, 4.69) is 26.2 Å². The van der Waals surface area contributed by atoms with Crippen LogP contribution in [-0.2, 0) is 0 Å². The van der Waals surface area contributed by atoms with Crippen molar-refractivity contribution in [3.8, 4) is 0 Å². The molecule has 0 aliphatic carbocycles. The van der Waals surface area contributed by atoms with Crippen LogP contribution in [0.5, 0.6) is 0 Å². The fourth-order valence-electron chi connectivity index (χ4n) is 1.31. The fourth-order valence-corrected chi connectivity index (χ4v) is 1.66. The van der Waals surface area contributed by atoms with Crippen LogP contribution in [0.15, 0.2) is 47.2 Å². The van der Waals surface area contributed by atoms with Gasteiger partial charge in [0.1, 0.15) is 4.60 Å². The summed E-state index contributed by atoms with van der Waals surface area (Å²) in [6.45, 7) is 0. The molecule has 0 spiro atoms. The topological polar surface area (TPSA) is 68.0 Å². The molecule has 86 valence electrons. The van der Waals surface area contributed by atoms with E-state index >= 15 is 0 Å². The Kier molecular flexibility index (Phi) is 3.39. The van der Waals surface area contributed by atoms with Gasteiger partial charge in [0.2, 0.25) is 0 Å². The maximum absolute atomic E-state index is 11.9. The third-order valence-corrected chi connectivity index (χ3v) is 2.81. The second kappa shape index (κ2) is 4.97. The summed E-state index contributed by atoms with van der Waals surface area (Å²) in [5.74, 6) is -0.196. The van der Waals surface area contributed by atoms with Crippen LogP contribution in [0.3, 0.4) is 0 Å². The number of nitrogens with one attached hydrogen (secondary N) is 1. The fraction of sp³-hybridized carbons (Fsp3) is 0. The van der Waals surface area contributed by atoms with Crippen LogP contribution >= 0.6 is 15.9 Å². The van der Waals surface area contributed by atoms with Crippen LogP contribution in [-0.4, -0.2) is 10.9 Å². The predicted molar refractivity (Wildman–Crippen MR) is 70.7 cm³/mol. The van der Waals surface area contributed by atoms with Gasteiger partial charge in [-0.05, 0) is 52.3 Å². The van der Waals surface area contributed by atoms with Crippen molar-refractivity contribution in [1.29, 1.82) is 0 Å². The molecule has 0 aliphatic rings. The van der Waals surface area contributed by atoms with Gasteiger partial charge in [-0.15, -0.1) is 0 Å². The van der Waals surface area contributed by atoms with E-state index in [1.165, 1.54) is 0 Å². The number of anilines is 2. The first-order chi connectivity index (χ1) is 8.16. The average Bonchev–Trinajstić information content (AvgIpc) is 2.33. The van der Waals surface area contributed by atoms with E-state index in [9.17, 15) is 4.79 Å². The molecule has 1 aromatic heterocycles. The lowest BCUT2D eigenvalue weighted by Gasteiger charge is -2.06. The third-order valence-electron chi connectivity index (χ3n) is 2.18. The standard InChI is InChI=1S/C12H10BrN3O/c13-11-10(2-1-7-15-11)16-12(17)8-3-5-9(14)6-4-8/h1-7H,14H2,(H,16,17). The number of nitrogens with two attached hydrogens (primary N) is 1. The van der Waals surface area contributed by atoms with E-state index in [1.807, 2.05) is 0 Å². The number of carbonyl (C=O) groups excluding carboxylic acids is 1. The maximum Gasteiger partial charge on any atom is 0.255 e. The summed E-state index contributed by atoms with van der Waals surface area (Å²) < 4.78 is 0.601. The SMILES string of the molecule is Nc1ccc(C(=O)Nc2cccnc2Br)cc1. The van der Waals surface area contributed by atoms with Gasteiger partial charge in [0, 0.05) is 17.4 Å². The van der Waals surface area contributed by atoms with E-state index in [0.717, 1.165) is 0 Å². The molecule has 2 rings (SSSR count). The minimum atomic E-state index is -0.196. The highest BCUT2D eigenvalue weighted by molar-refractivity contribution is 9.10. The second-order valence-corrected chi connectivity index (χ2v) is 4.17. The first kappa shape index (κ1) is 11.6. The number of amides is 1. The number of nitrogens with zero attached hydrogens (tertiary/aromatic N) is 1. The number of carbonyl (C=O) groups is 1. The monoisotopic (exact) mass is 291 g/mol. The Labute approximate surface area is 107 Å². The van der Waals surface area contributed by atoms with Gasteiger partial charge in [-0.2, -0.15) is 0 Å². The van der Waals surface area contributed by atoms with Crippen LogP contribution < -0.4 is 11.1 Å². The summed E-state index contributed by atoms with van der Waals surface area (Å²) in [6, 6.07) is 10.2. The van der Waals surface area contributed by atoms with Gasteiger partial charge < -0.3 is 11.1 Å². The van der Waals surface area contributed by atoms with Crippen molar-refractivity contribution in [2.45, 2.75) is 0 Å². The van der Waals surface area contributed by atoms with Crippen LogP contribution in [0.25, 0.3) is 0 Å². The molecule has 0 bridgehead atoms. The second-order valence-electron chi connectivity index (χ2n) is 3.42. The lowest BCUT2D eigenvalue weighted by atomic mass is 10.2. The van der Waals surface area contributed by atoms with Gasteiger partial charge in [-0.25, -0.2) is 4.98 Å². The van der Waals surface area contributed by atoms with E-state index < -0.39 is 0 Å². The van der Waals surface area contributed by atoms with E-state index in [-0.39, 0.29) is 5.91 Å². The van der Waals surface area contributed by atoms with Gasteiger partial charge in [-0.3, -0.25) is 4.79 Å². The van der Waals surface area contributed by atoms with Crippen molar-refractivity contribution in [2.24, 2.45) is 0 Å². The van der Waals surface area contributed by atoms with E-state index in [1.54, 1.807) is 42.6 Å². The normalized spacial score (nSPS) is 9.94. The Hall–Kier alpha value is -1.88. The summed E-state index contributed by atoms with van der Waals surface area (Å²) in [5, 5.41) is 2.76. The molecule has 1 heterocycles. The van der Waals surface area contributed by atoms with Gasteiger partial charge in [0.25, 0.3) is 5.91 Å². The van der Waals surface area contributed by atoms with E-state index in [0.29, 0.717) is 21.5 Å². The Morgan fingerprint density at radius 3 is 2.59 bits per heavy atom. The van der Waals surface area contributed by atoms with Gasteiger partial charge in [0.05, 0.1) is 5.69 Å². The number of halogens is 1. The molecule has 2 aromatic rings. The molecular weight excluding hydrogens is 282 g/mol. The third kappa shape index (κ3) is 2.82. The zero-order valence-corrected chi connectivity index (χ0v) is 10.4. The highest BCUT2D eigenvalue weighted by Gasteiger charge is 2.07. The van der Waals surface area contributed by atoms with Gasteiger partial charge in [0.15, 0.2) is 0 Å². The van der Waals surface area contributed by atoms with Crippen LogP contribution in [0.2, 0.25) is 0 Å². The molecular formula is C12H10BrN3O. The number of nitrogen functional groups attached to an aromatic ring is 1. The van der Waals surface area contributed by atoms with Crippen LogP contribution in [0, 0.1) is 0 Å². The molecule has 3 N–H and O–H groups in total. The summed E-state index contributed by atoms with van der Waals surface area (Å²) in [6.07, 6.45) is 1.64. The zero-order valence-electron chi connectivity index (χ0n) is 8.85. The first-order valence-corrected chi connectivity index (χ1v) is 5.73. The van der Waals surface area contributed by atoms with Gasteiger partial charge >= 0.3 is 0 Å². The number of rotatable bonds is 2. The zero-order chi connectivity index (χ0) is 12.3. The maximum atomic E-state index is 11.9. The molecule has 1 aromatic carbocycles. The molecule has 0 saturated heterocycles. The van der Waals surface area contributed by atoms with Gasteiger partial charge in [-0.1, -0.05) is 0 Å². The summed E-state index contributed by atoms with van der Waals surface area (Å²) >= 11 is 3.26. The minimum Gasteiger partial charge on any atom is -0.399 e. The highest BCUT2D eigenvalue weighted by atomic mass is 79.9. The van der Waals surface area contributed by atoms with Crippen molar-refractivity contribution in [3.05, 3.63) is 52.8 Å². The number of hydrogen-bond donors (Lipinski definition) is 2. The highest BCUT2D eigenvalue weighted by Crippen LogP contribution is 2.19. The Morgan fingerprint density at radius 1 is 1.24 bits per heavy atom. The van der Waals surface area contributed by atoms with Crippen molar-refractivity contribution >= 4 is 33.2 Å². The average molecular weight is 292 g/mol. The number of pyridine rings is 1. The van der Waals surface area contributed by atoms with Crippen LogP contribution in [0.4, 0.5) is 11.4 Å². The molecule has 0 atom stereocenters. The quantitative estimate of drug-likeness (QED) is 0.660. The smallest absolute Gasteiger partial charge is 0.255 e. The molecule has 4 nitrogen and oxygen atoms in total. The molecule has 0 radical (unpaired) electrons. The van der Waals surface area contributed by atoms with Crippen LogP contribution in [0.1, 0.15) is 10.4 Å². The number of hydrogen-bond acceptors (Lipinski definition) is 3. The molecule has 1 amide bonds. The predicted octanol–water partition coefficient (Wildman–Crippen LogP) is 2.68. The number of benzene rings is 1. The molecule has 0 saturated carbocycles. The lowest BCUT2D eigenvalue weighted by molar-refractivity contribution is 0.102. The Balaban J connectivity index is 2.17. The lowest BCUT2D eigenvalue weighted by Crippen LogP contribution is -2.12. The molecule has 0 fully saturated rings. The minimum absolute atomic E-state index is 0.196. The largest absolute Gasteiger partial charge is 0.399 e. The Bertz CT molecular complexity index is 540. The molecule has 0 unspecified atom stereocenters. The number of aromatic nitrogens is 1. The molecule has 0 aliphatic heterocycles. The van der Waals surface area contributed by atoms with Crippen molar-refractivity contribution in [1.82, 2.24) is 4.98 Å². The van der Waals surface area contributed by atoms with Crippen molar-refractivity contribution in [2.75, 3.05) is 11.1 Å². The van der Waals surface area contributed by atoms with Crippen molar-refractivity contribution < 1.29 is 4.79 Å². The summed E-state index contributed by atoms with van der Waals surface area (Å²) in [5.41, 5.74) is 7.37. The summed E-state index contributed by atoms with van der Waals surface area (Å²) in [7, 11) is 0. The first-order valence-electron chi connectivity index (χ1n) is 4.94. The Morgan fingerprint density at radius 2 is 1.94 bits per heavy atom.